The van der Waals surface area contributed by atoms with Gasteiger partial charge in [-0.25, -0.2) is 0 Å². The Morgan fingerprint density at radius 3 is 1.90 bits per heavy atom. The zero-order valence-corrected chi connectivity index (χ0v) is 38.2. The van der Waals surface area contributed by atoms with Crippen molar-refractivity contribution in [1.29, 1.82) is 0 Å². The van der Waals surface area contributed by atoms with Gasteiger partial charge in [-0.2, -0.15) is 12.6 Å². The summed E-state index contributed by atoms with van der Waals surface area (Å²) in [7, 11) is 0. The number of piperazine rings is 1. The Bertz CT molecular complexity index is 1060. The van der Waals surface area contributed by atoms with Gasteiger partial charge in [0.1, 0.15) is 0 Å². The van der Waals surface area contributed by atoms with Gasteiger partial charge in [-0.3, -0.25) is 4.90 Å². The molecule has 0 amide bonds. The van der Waals surface area contributed by atoms with Crippen LogP contribution in [0.1, 0.15) is 88.1 Å². The first kappa shape index (κ1) is 58.9. The molecular formula is C44H78N3SW-. The second-order valence-corrected chi connectivity index (χ2v) is 11.0. The second kappa shape index (κ2) is 40.2. The van der Waals surface area contributed by atoms with E-state index >= 15 is 0 Å². The van der Waals surface area contributed by atoms with Crippen molar-refractivity contribution in [3.8, 4) is 0 Å². The Hall–Kier alpha value is -2.26. The van der Waals surface area contributed by atoms with Gasteiger partial charge in [0, 0.05) is 70.7 Å². The van der Waals surface area contributed by atoms with E-state index in [4.69, 9.17) is 0 Å². The number of benzene rings is 1. The quantitative estimate of drug-likeness (QED) is 0.0945. The standard InChI is InChI=1S/C32H47N3.2C3H6.2C2H6.CH4S.CH3.W/c1-10-29(11-2)20-26(7)16-17-30(12-3)28(9)33-32(24(4)5)23-34-18-19-35(27(8)22-34)31-15-13-14-25(6)21-31;2*1-3-2;3*1-2;;/h10-17,21,24,27,32-33H,1,3,9,18-20,22-23H2,2,4-8H3;2*3H,1H2,2H3;2*1-2H3;2H,1H3;1H3;/q;;;;;;-1;/b26-16+,29-11+,30-17+;;;;;;;/t27?,32-;;;;;;;/m1......./s1. The Balaban J connectivity index is -0.000000293. The molecule has 0 radical (unpaired) electrons. The molecule has 49 heavy (non-hydrogen) atoms. The Labute approximate surface area is 327 Å². The first-order valence-electron chi connectivity index (χ1n) is 17.4. The number of thiol groups is 1. The molecule has 0 spiro atoms. The van der Waals surface area contributed by atoms with E-state index in [1.807, 2.05) is 53.7 Å². The molecule has 1 fully saturated rings. The fourth-order valence-corrected chi connectivity index (χ4v) is 4.59. The van der Waals surface area contributed by atoms with E-state index in [9.17, 15) is 0 Å². The topological polar surface area (TPSA) is 18.5 Å². The average Bonchev–Trinajstić information content (AvgIpc) is 3.07. The number of nitrogens with one attached hydrogen (secondary N) is 1. The smallest absolute Gasteiger partial charge is 0.0411 e. The molecule has 5 heteroatoms. The number of anilines is 1. The van der Waals surface area contributed by atoms with Crippen molar-refractivity contribution in [2.75, 3.05) is 37.3 Å². The van der Waals surface area contributed by atoms with Crippen LogP contribution in [-0.4, -0.2) is 49.4 Å². The Morgan fingerprint density at radius 1 is 0.959 bits per heavy atom. The summed E-state index contributed by atoms with van der Waals surface area (Å²) in [6, 6.07) is 9.66. The van der Waals surface area contributed by atoms with Crippen LogP contribution in [0.15, 0.2) is 122 Å². The largest absolute Gasteiger partial charge is 0.381 e. The van der Waals surface area contributed by atoms with Gasteiger partial charge >= 0.3 is 0 Å². The van der Waals surface area contributed by atoms with Crippen molar-refractivity contribution in [2.45, 2.75) is 102 Å². The van der Waals surface area contributed by atoms with Crippen molar-refractivity contribution in [3.63, 3.8) is 0 Å². The van der Waals surface area contributed by atoms with Gasteiger partial charge in [-0.05, 0) is 89.0 Å². The molecule has 1 aliphatic heterocycles. The van der Waals surface area contributed by atoms with E-state index in [1.54, 1.807) is 18.4 Å². The van der Waals surface area contributed by atoms with Crippen molar-refractivity contribution in [1.82, 2.24) is 10.2 Å². The summed E-state index contributed by atoms with van der Waals surface area (Å²) in [6.07, 6.45) is 16.3. The molecule has 0 aliphatic carbocycles. The number of aryl methyl sites for hydroxylation is 1. The molecule has 1 N–H and O–H groups in total. The van der Waals surface area contributed by atoms with E-state index in [2.05, 4.69) is 145 Å². The normalized spacial score (nSPS) is 14.5. The van der Waals surface area contributed by atoms with Gasteiger partial charge in [0.05, 0.1) is 0 Å². The number of nitrogens with zero attached hydrogens (tertiary/aromatic N) is 2. The van der Waals surface area contributed by atoms with Crippen LogP contribution >= 0.6 is 12.6 Å². The molecule has 0 saturated carbocycles. The van der Waals surface area contributed by atoms with Crippen LogP contribution < -0.4 is 10.2 Å². The summed E-state index contributed by atoms with van der Waals surface area (Å²) in [4.78, 5) is 5.14. The zero-order chi connectivity index (χ0) is 37.4. The summed E-state index contributed by atoms with van der Waals surface area (Å²) < 4.78 is 0. The molecule has 1 saturated heterocycles. The van der Waals surface area contributed by atoms with Crippen molar-refractivity contribution in [3.05, 3.63) is 135 Å². The van der Waals surface area contributed by atoms with Crippen molar-refractivity contribution in [2.24, 2.45) is 5.92 Å². The van der Waals surface area contributed by atoms with Crippen LogP contribution in [0.4, 0.5) is 5.69 Å². The molecular weight excluding hydrogens is 786 g/mol. The molecule has 3 nitrogen and oxygen atoms in total. The minimum atomic E-state index is 0. The summed E-state index contributed by atoms with van der Waals surface area (Å²) >= 11 is 3.53. The third-order valence-electron chi connectivity index (χ3n) is 6.90. The van der Waals surface area contributed by atoms with Gasteiger partial charge < -0.3 is 17.6 Å². The molecule has 0 bridgehead atoms. The summed E-state index contributed by atoms with van der Waals surface area (Å²) in [5.74, 6) is 0.491. The van der Waals surface area contributed by atoms with Crippen LogP contribution in [0.25, 0.3) is 0 Å². The SMILES string of the molecule is C=C/C(=C\C)C/C(C)=C/C=C(\C=C)C(=C)N[C@H](CN1CCN(c2cccc(C)c2)C(C)C1)C(C)C.C=CC.C=CC.CC.CC.CS.[CH3-].[W]. The minimum absolute atomic E-state index is 0. The maximum Gasteiger partial charge on any atom is 0.0411 e. The molecule has 1 aromatic carbocycles. The predicted octanol–water partition coefficient (Wildman–Crippen LogP) is 12.6. The van der Waals surface area contributed by atoms with Gasteiger partial charge in [-0.1, -0.05) is 122 Å². The first-order valence-corrected chi connectivity index (χ1v) is 18.3. The summed E-state index contributed by atoms with van der Waals surface area (Å²) in [6.45, 7) is 48.2. The fraction of sp³-hybridized carbons (Fsp3) is 0.477. The van der Waals surface area contributed by atoms with Gasteiger partial charge in [0.25, 0.3) is 0 Å². The third-order valence-corrected chi connectivity index (χ3v) is 6.90. The Morgan fingerprint density at radius 2 is 1.49 bits per heavy atom. The van der Waals surface area contributed by atoms with Crippen LogP contribution in [0, 0.1) is 20.3 Å². The van der Waals surface area contributed by atoms with Crippen LogP contribution in [0.2, 0.25) is 0 Å². The van der Waals surface area contributed by atoms with Gasteiger partial charge in [0.2, 0.25) is 0 Å². The fourth-order valence-electron chi connectivity index (χ4n) is 4.59. The Kier molecular flexibility index (Phi) is 48.3. The first-order chi connectivity index (χ1) is 22.5. The molecule has 0 aromatic heterocycles. The van der Waals surface area contributed by atoms with E-state index in [-0.39, 0.29) is 28.5 Å². The maximum atomic E-state index is 4.35. The van der Waals surface area contributed by atoms with Crippen molar-refractivity contribution >= 4 is 18.3 Å². The van der Waals surface area contributed by atoms with Gasteiger partial charge in [-0.15, -0.1) is 13.2 Å². The molecule has 282 valence electrons. The molecule has 2 atom stereocenters. The second-order valence-electron chi connectivity index (χ2n) is 11.0. The third kappa shape index (κ3) is 28.2. The van der Waals surface area contributed by atoms with Crippen LogP contribution in [0.5, 0.6) is 0 Å². The minimum Gasteiger partial charge on any atom is -0.381 e. The van der Waals surface area contributed by atoms with Crippen molar-refractivity contribution < 1.29 is 21.1 Å². The summed E-state index contributed by atoms with van der Waals surface area (Å²) in [5.41, 5.74) is 7.14. The summed E-state index contributed by atoms with van der Waals surface area (Å²) in [5, 5.41) is 3.72. The van der Waals surface area contributed by atoms with Crippen LogP contribution in [0.3, 0.4) is 0 Å². The molecule has 1 heterocycles. The average molecular weight is 865 g/mol. The molecule has 1 unspecified atom stereocenters. The van der Waals surface area contributed by atoms with Crippen LogP contribution in [-0.2, 0) is 21.1 Å². The maximum absolute atomic E-state index is 4.35. The number of allylic oxidation sites excluding steroid dienone is 9. The molecule has 2 rings (SSSR count). The van der Waals surface area contributed by atoms with E-state index < -0.39 is 0 Å². The van der Waals surface area contributed by atoms with E-state index in [1.165, 1.54) is 22.4 Å². The monoisotopic (exact) mass is 865 g/mol. The zero-order valence-electron chi connectivity index (χ0n) is 34.4. The molecule has 1 aromatic rings. The molecule has 1 aliphatic rings. The predicted molar refractivity (Wildman–Crippen MR) is 232 cm³/mol. The number of hydrogen-bond donors (Lipinski definition) is 2. The number of rotatable bonds is 12. The van der Waals surface area contributed by atoms with E-state index in [0.29, 0.717) is 18.0 Å². The number of hydrogen-bond acceptors (Lipinski definition) is 4. The van der Waals surface area contributed by atoms with Gasteiger partial charge in [0.15, 0.2) is 0 Å². The van der Waals surface area contributed by atoms with E-state index in [0.717, 1.165) is 43.9 Å².